The van der Waals surface area contributed by atoms with Gasteiger partial charge in [0.05, 0.1) is 11.7 Å². The van der Waals surface area contributed by atoms with Gasteiger partial charge in [0.2, 0.25) is 0 Å². The number of fused-ring (bicyclic) bond motifs is 1. The van der Waals surface area contributed by atoms with Crippen LogP contribution in [-0.4, -0.2) is 50.4 Å². The average molecular weight is 354 g/mol. The van der Waals surface area contributed by atoms with Gasteiger partial charge in [-0.3, -0.25) is 9.88 Å². The lowest BCUT2D eigenvalue weighted by atomic mass is 9.92. The van der Waals surface area contributed by atoms with Gasteiger partial charge in [-0.2, -0.15) is 0 Å². The molecule has 2 aliphatic rings. The normalized spacial score (nSPS) is 29.6. The lowest BCUT2D eigenvalue weighted by molar-refractivity contribution is 0.0328. The summed E-state index contributed by atoms with van der Waals surface area (Å²) in [6.07, 6.45) is 5.35. The third-order valence-corrected chi connectivity index (χ3v) is 5.93. The topological polar surface area (TPSA) is 76.8 Å². The van der Waals surface area contributed by atoms with Crippen LogP contribution in [0.3, 0.4) is 0 Å². The zero-order valence-electron chi connectivity index (χ0n) is 14.8. The van der Waals surface area contributed by atoms with Crippen LogP contribution in [0.1, 0.15) is 30.1 Å². The Morgan fingerprint density at radius 3 is 2.27 bits per heavy atom. The Hall–Kier alpha value is -1.95. The Balaban J connectivity index is 1.32. The predicted octanol–water partition coefficient (Wildman–Crippen LogP) is 2.14. The van der Waals surface area contributed by atoms with Gasteiger partial charge in [0, 0.05) is 38.4 Å². The molecule has 26 heavy (non-hydrogen) atoms. The summed E-state index contributed by atoms with van der Waals surface area (Å²) in [5, 5.41) is 30.8. The van der Waals surface area contributed by atoms with Crippen molar-refractivity contribution >= 4 is 0 Å². The molecule has 1 aromatic heterocycles. The van der Waals surface area contributed by atoms with Crippen molar-refractivity contribution in [1.29, 1.82) is 0 Å². The molecule has 5 heteroatoms. The number of aliphatic hydroxyl groups excluding tert-OH is 1. The first kappa shape index (κ1) is 17.5. The number of aromatic hydroxyl groups is 1. The lowest BCUT2D eigenvalue weighted by Crippen LogP contribution is -2.33. The van der Waals surface area contributed by atoms with Gasteiger partial charge in [0.1, 0.15) is 5.75 Å². The number of β-amino-alcohol motifs (C(OH)–C–C–N with tert-alkyl or cyclic N) is 1. The van der Waals surface area contributed by atoms with Gasteiger partial charge in [-0.05, 0) is 60.1 Å². The highest BCUT2D eigenvalue weighted by molar-refractivity contribution is 5.27. The van der Waals surface area contributed by atoms with Gasteiger partial charge in [-0.1, -0.05) is 12.1 Å². The summed E-state index contributed by atoms with van der Waals surface area (Å²) in [5.41, 5.74) is 1.36. The molecule has 0 bridgehead atoms. The predicted molar refractivity (Wildman–Crippen MR) is 98.6 cm³/mol. The molecule has 4 rings (SSSR count). The zero-order chi connectivity index (χ0) is 18.1. The van der Waals surface area contributed by atoms with Crippen molar-refractivity contribution in [3.63, 3.8) is 0 Å². The number of hydrogen-bond donors (Lipinski definition) is 3. The number of aliphatic hydroxyl groups is 2. The monoisotopic (exact) mass is 354 g/mol. The summed E-state index contributed by atoms with van der Waals surface area (Å²) in [4.78, 5) is 6.35. The van der Waals surface area contributed by atoms with Crippen LogP contribution in [-0.2, 0) is 6.42 Å². The van der Waals surface area contributed by atoms with Gasteiger partial charge in [-0.15, -0.1) is 0 Å². The summed E-state index contributed by atoms with van der Waals surface area (Å²) >= 11 is 0. The van der Waals surface area contributed by atoms with Crippen molar-refractivity contribution in [3.8, 4) is 5.75 Å². The number of phenols is 1. The smallest absolute Gasteiger partial charge is 0.115 e. The number of aromatic nitrogens is 1. The molecule has 2 aromatic rings. The largest absolute Gasteiger partial charge is 0.508 e. The number of phenolic OH excluding ortho intramolecular Hbond substituents is 1. The van der Waals surface area contributed by atoms with Crippen LogP contribution in [0.2, 0.25) is 0 Å². The van der Waals surface area contributed by atoms with E-state index in [0.717, 1.165) is 37.1 Å². The first-order chi connectivity index (χ1) is 12.5. The molecule has 1 aliphatic carbocycles. The third kappa shape index (κ3) is 3.75. The van der Waals surface area contributed by atoms with E-state index in [2.05, 4.69) is 9.88 Å². The van der Waals surface area contributed by atoms with Crippen LogP contribution in [0.25, 0.3) is 0 Å². The molecule has 3 atom stereocenters. The Morgan fingerprint density at radius 1 is 1.04 bits per heavy atom. The van der Waals surface area contributed by atoms with Crippen LogP contribution in [0.4, 0.5) is 0 Å². The van der Waals surface area contributed by atoms with Crippen molar-refractivity contribution in [2.45, 2.75) is 31.0 Å². The molecule has 3 unspecified atom stereocenters. The Morgan fingerprint density at radius 2 is 1.65 bits per heavy atom. The maximum absolute atomic E-state index is 11.0. The van der Waals surface area contributed by atoms with Crippen molar-refractivity contribution in [2.24, 2.45) is 11.8 Å². The minimum absolute atomic E-state index is 0.213. The van der Waals surface area contributed by atoms with Crippen LogP contribution in [0.15, 0.2) is 48.8 Å². The minimum atomic E-state index is -0.613. The standard InChI is InChI=1S/C21H26N2O3/c24-19-3-1-16(2-4-19)20(25)14-23-12-17-10-21(26,11-18(17)13-23)9-15-5-7-22-8-6-15/h1-8,17-18,20,24-26H,9-14H2. The first-order valence-electron chi connectivity index (χ1n) is 9.31. The minimum Gasteiger partial charge on any atom is -0.508 e. The van der Waals surface area contributed by atoms with Crippen LogP contribution in [0.5, 0.6) is 5.75 Å². The van der Waals surface area contributed by atoms with Gasteiger partial charge >= 0.3 is 0 Å². The fourth-order valence-corrected chi connectivity index (χ4v) is 4.78. The number of hydrogen-bond acceptors (Lipinski definition) is 5. The number of pyridine rings is 1. The van der Waals surface area contributed by atoms with E-state index in [1.165, 1.54) is 0 Å². The van der Waals surface area contributed by atoms with E-state index in [1.807, 2.05) is 12.1 Å². The van der Waals surface area contributed by atoms with E-state index in [9.17, 15) is 15.3 Å². The quantitative estimate of drug-likeness (QED) is 0.767. The maximum atomic E-state index is 11.0. The van der Waals surface area contributed by atoms with Crippen molar-refractivity contribution in [2.75, 3.05) is 19.6 Å². The third-order valence-electron chi connectivity index (χ3n) is 5.93. The summed E-state index contributed by atoms with van der Waals surface area (Å²) in [7, 11) is 0. The SMILES string of the molecule is Oc1ccc(C(O)CN2CC3CC(O)(Cc4ccncc4)CC3C2)cc1. The van der Waals surface area contributed by atoms with Crippen molar-refractivity contribution in [1.82, 2.24) is 9.88 Å². The Bertz CT molecular complexity index is 721. The van der Waals surface area contributed by atoms with E-state index in [4.69, 9.17) is 0 Å². The van der Waals surface area contributed by atoms with Crippen LogP contribution in [0, 0.1) is 11.8 Å². The van der Waals surface area contributed by atoms with Crippen LogP contribution >= 0.6 is 0 Å². The Kier molecular flexibility index (Phi) is 4.69. The average Bonchev–Trinajstić information content (AvgIpc) is 3.10. The molecule has 1 saturated heterocycles. The van der Waals surface area contributed by atoms with Gasteiger partial charge in [-0.25, -0.2) is 0 Å². The molecule has 138 valence electrons. The number of benzene rings is 1. The number of nitrogens with zero attached hydrogens (tertiary/aromatic N) is 2. The molecule has 1 saturated carbocycles. The molecule has 1 aliphatic heterocycles. The van der Waals surface area contributed by atoms with E-state index < -0.39 is 11.7 Å². The summed E-state index contributed by atoms with van der Waals surface area (Å²) < 4.78 is 0. The maximum Gasteiger partial charge on any atom is 0.115 e. The van der Waals surface area contributed by atoms with E-state index in [0.29, 0.717) is 24.8 Å². The van der Waals surface area contributed by atoms with E-state index >= 15 is 0 Å². The summed E-state index contributed by atoms with van der Waals surface area (Å²) in [6.45, 7) is 2.46. The highest BCUT2D eigenvalue weighted by atomic mass is 16.3. The van der Waals surface area contributed by atoms with Gasteiger partial charge in [0.15, 0.2) is 0 Å². The highest BCUT2D eigenvalue weighted by Gasteiger charge is 2.48. The van der Waals surface area contributed by atoms with E-state index in [1.54, 1.807) is 36.7 Å². The molecule has 1 aromatic carbocycles. The highest BCUT2D eigenvalue weighted by Crippen LogP contribution is 2.45. The molecule has 0 amide bonds. The second kappa shape index (κ2) is 6.99. The van der Waals surface area contributed by atoms with Crippen LogP contribution < -0.4 is 0 Å². The molecular formula is C21H26N2O3. The van der Waals surface area contributed by atoms with Gasteiger partial charge < -0.3 is 15.3 Å². The molecule has 3 N–H and O–H groups in total. The van der Waals surface area contributed by atoms with Crippen molar-refractivity contribution < 1.29 is 15.3 Å². The fourth-order valence-electron chi connectivity index (χ4n) is 4.78. The molecular weight excluding hydrogens is 328 g/mol. The summed E-state index contributed by atoms with van der Waals surface area (Å²) in [6, 6.07) is 10.7. The zero-order valence-corrected chi connectivity index (χ0v) is 14.8. The second-order valence-corrected chi connectivity index (χ2v) is 8.01. The number of likely N-dealkylation sites (tertiary alicyclic amines) is 1. The molecule has 2 heterocycles. The molecule has 0 spiro atoms. The van der Waals surface area contributed by atoms with Crippen molar-refractivity contribution in [3.05, 3.63) is 59.9 Å². The second-order valence-electron chi connectivity index (χ2n) is 8.01. The molecule has 0 radical (unpaired) electrons. The molecule has 5 nitrogen and oxygen atoms in total. The Labute approximate surface area is 153 Å². The van der Waals surface area contributed by atoms with Gasteiger partial charge in [0.25, 0.3) is 0 Å². The first-order valence-corrected chi connectivity index (χ1v) is 9.31. The molecule has 2 fully saturated rings. The van der Waals surface area contributed by atoms with E-state index in [-0.39, 0.29) is 5.75 Å². The fraction of sp³-hybridized carbons (Fsp3) is 0.476. The number of rotatable bonds is 5. The lowest BCUT2D eigenvalue weighted by Gasteiger charge is -2.27. The summed E-state index contributed by atoms with van der Waals surface area (Å²) in [5.74, 6) is 1.20.